The fourth-order valence-corrected chi connectivity index (χ4v) is 1.53. The molecule has 0 radical (unpaired) electrons. The highest BCUT2D eigenvalue weighted by Crippen LogP contribution is 2.23. The molecule has 0 saturated heterocycles. The van der Waals surface area contributed by atoms with Crippen LogP contribution in [0.3, 0.4) is 0 Å². The van der Waals surface area contributed by atoms with Crippen molar-refractivity contribution in [3.63, 3.8) is 0 Å². The van der Waals surface area contributed by atoms with E-state index in [9.17, 15) is 20.1 Å². The van der Waals surface area contributed by atoms with Gasteiger partial charge in [0.2, 0.25) is 6.20 Å². The first-order valence-corrected chi connectivity index (χ1v) is 5.58. The van der Waals surface area contributed by atoms with Gasteiger partial charge in [-0.05, 0) is 5.92 Å². The number of nitro groups is 1. The molecule has 19 heavy (non-hydrogen) atoms. The zero-order chi connectivity index (χ0) is 14.6. The molecule has 8 nitrogen and oxygen atoms in total. The minimum absolute atomic E-state index is 0.0217. The van der Waals surface area contributed by atoms with Crippen LogP contribution in [0.15, 0.2) is 18.5 Å². The number of hydrogen-bond acceptors (Lipinski definition) is 6. The van der Waals surface area contributed by atoms with Crippen molar-refractivity contribution in [1.29, 1.82) is 0 Å². The number of esters is 1. The highest BCUT2D eigenvalue weighted by Gasteiger charge is 2.27. The highest BCUT2D eigenvalue weighted by molar-refractivity contribution is 5.80. The number of carbonyl (C=O) groups is 1. The lowest BCUT2D eigenvalue weighted by Crippen LogP contribution is -2.37. The number of aromatic nitrogens is 1. The van der Waals surface area contributed by atoms with Gasteiger partial charge in [0.25, 0.3) is 0 Å². The Hall–Kier alpha value is -2.38. The van der Waals surface area contributed by atoms with E-state index in [1.165, 1.54) is 7.11 Å². The maximum atomic E-state index is 11.6. The van der Waals surface area contributed by atoms with Gasteiger partial charge in [-0.25, -0.2) is 4.79 Å². The van der Waals surface area contributed by atoms with Crippen molar-refractivity contribution in [1.82, 2.24) is 0 Å². The van der Waals surface area contributed by atoms with Gasteiger partial charge in [-0.2, -0.15) is 4.73 Å². The lowest BCUT2D eigenvalue weighted by atomic mass is 10.0. The van der Waals surface area contributed by atoms with E-state index in [-0.39, 0.29) is 17.3 Å². The molecule has 0 amide bonds. The average Bonchev–Trinajstić information content (AvgIpc) is 2.34. The fraction of sp³-hybridized carbons (Fsp3) is 0.455. The van der Waals surface area contributed by atoms with Gasteiger partial charge in [-0.3, -0.25) is 10.1 Å². The summed E-state index contributed by atoms with van der Waals surface area (Å²) in [6.45, 7) is 3.52. The molecule has 0 aromatic carbocycles. The highest BCUT2D eigenvalue weighted by atomic mass is 16.6. The molecule has 0 bridgehead atoms. The van der Waals surface area contributed by atoms with Crippen molar-refractivity contribution in [3.8, 4) is 0 Å². The molecule has 1 rings (SSSR count). The molecule has 8 heteroatoms. The number of rotatable bonds is 5. The van der Waals surface area contributed by atoms with Crippen LogP contribution >= 0.6 is 0 Å². The molecule has 1 aromatic heterocycles. The summed E-state index contributed by atoms with van der Waals surface area (Å²) in [5, 5.41) is 24.7. The standard InChI is InChI=1S/C11H15N3O5/c1-7(2)10(11(15)19-3)12-8-6-13(16)5-4-9(8)14(17)18/h4-7,10,12H,1-3H3. The second-order valence-corrected chi connectivity index (χ2v) is 4.25. The number of carbonyl (C=O) groups excluding carboxylic acids is 1. The van der Waals surface area contributed by atoms with Gasteiger partial charge in [-0.1, -0.05) is 13.8 Å². The average molecular weight is 269 g/mol. The third-order valence-electron chi connectivity index (χ3n) is 2.54. The summed E-state index contributed by atoms with van der Waals surface area (Å²) < 4.78 is 5.04. The molecule has 1 heterocycles. The van der Waals surface area contributed by atoms with Crippen molar-refractivity contribution < 1.29 is 19.2 Å². The van der Waals surface area contributed by atoms with Crippen LogP contribution in [0.1, 0.15) is 13.8 Å². The summed E-state index contributed by atoms with van der Waals surface area (Å²) in [7, 11) is 1.23. The minimum Gasteiger partial charge on any atom is -0.619 e. The Balaban J connectivity index is 3.11. The van der Waals surface area contributed by atoms with E-state index in [0.29, 0.717) is 4.73 Å². The molecule has 1 unspecified atom stereocenters. The Labute approximate surface area is 109 Å². The van der Waals surface area contributed by atoms with Gasteiger partial charge in [-0.15, -0.1) is 0 Å². The Bertz CT molecular complexity index is 489. The second-order valence-electron chi connectivity index (χ2n) is 4.25. The summed E-state index contributed by atoms with van der Waals surface area (Å²) >= 11 is 0. The van der Waals surface area contributed by atoms with E-state index >= 15 is 0 Å². The maximum absolute atomic E-state index is 11.6. The SMILES string of the molecule is COC(=O)C(Nc1c[n+]([O-])ccc1[N+](=O)[O-])C(C)C. The molecule has 104 valence electrons. The van der Waals surface area contributed by atoms with Crippen LogP contribution in [0, 0.1) is 21.2 Å². The van der Waals surface area contributed by atoms with E-state index in [1.54, 1.807) is 13.8 Å². The topological polar surface area (TPSA) is 108 Å². The van der Waals surface area contributed by atoms with Crippen molar-refractivity contribution in [2.45, 2.75) is 19.9 Å². The second kappa shape index (κ2) is 5.98. The number of pyridine rings is 1. The third-order valence-corrected chi connectivity index (χ3v) is 2.54. The van der Waals surface area contributed by atoms with Crippen LogP contribution in [0.5, 0.6) is 0 Å². The van der Waals surface area contributed by atoms with Crippen molar-refractivity contribution in [2.24, 2.45) is 5.92 Å². The van der Waals surface area contributed by atoms with Crippen LogP contribution < -0.4 is 10.0 Å². The molecule has 1 atom stereocenters. The fourth-order valence-electron chi connectivity index (χ4n) is 1.53. The monoisotopic (exact) mass is 269 g/mol. The van der Waals surface area contributed by atoms with Gasteiger partial charge in [0.05, 0.1) is 18.1 Å². The van der Waals surface area contributed by atoms with E-state index in [1.807, 2.05) is 0 Å². The molecule has 1 aromatic rings. The summed E-state index contributed by atoms with van der Waals surface area (Å²) in [6.07, 6.45) is 2.03. The zero-order valence-electron chi connectivity index (χ0n) is 10.8. The van der Waals surface area contributed by atoms with E-state index in [2.05, 4.69) is 10.1 Å². The predicted molar refractivity (Wildman–Crippen MR) is 66.3 cm³/mol. The van der Waals surface area contributed by atoms with E-state index < -0.39 is 16.9 Å². The molecule has 1 N–H and O–H groups in total. The molecule has 0 aliphatic carbocycles. The lowest BCUT2D eigenvalue weighted by Gasteiger charge is -2.20. The summed E-state index contributed by atoms with van der Waals surface area (Å²) in [5.41, 5.74) is -0.298. The van der Waals surface area contributed by atoms with E-state index in [4.69, 9.17) is 0 Å². The summed E-state index contributed by atoms with van der Waals surface area (Å²) in [4.78, 5) is 21.8. The summed E-state index contributed by atoms with van der Waals surface area (Å²) in [5.74, 6) is -0.710. The molecule has 0 aliphatic heterocycles. The van der Waals surface area contributed by atoms with Crippen LogP contribution in [-0.4, -0.2) is 24.0 Å². The first kappa shape index (κ1) is 14.7. The maximum Gasteiger partial charge on any atom is 0.328 e. The first-order valence-electron chi connectivity index (χ1n) is 5.58. The largest absolute Gasteiger partial charge is 0.619 e. The van der Waals surface area contributed by atoms with E-state index in [0.717, 1.165) is 18.5 Å². The van der Waals surface area contributed by atoms with Crippen molar-refractivity contribution in [3.05, 3.63) is 33.8 Å². The Morgan fingerprint density at radius 2 is 2.16 bits per heavy atom. The minimum atomic E-state index is -0.772. The zero-order valence-corrected chi connectivity index (χ0v) is 10.8. The van der Waals surface area contributed by atoms with Crippen LogP contribution in [0.2, 0.25) is 0 Å². The number of anilines is 1. The van der Waals surface area contributed by atoms with Crippen LogP contribution in [0.4, 0.5) is 11.4 Å². The lowest BCUT2D eigenvalue weighted by molar-refractivity contribution is -0.605. The third kappa shape index (κ3) is 3.54. The predicted octanol–water partition coefficient (Wildman–Crippen LogP) is 0.838. The van der Waals surface area contributed by atoms with Gasteiger partial charge in [0, 0.05) is 0 Å². The molecular weight excluding hydrogens is 254 g/mol. The van der Waals surface area contributed by atoms with Crippen LogP contribution in [0.25, 0.3) is 0 Å². The van der Waals surface area contributed by atoms with Crippen LogP contribution in [-0.2, 0) is 9.53 Å². The Morgan fingerprint density at radius 1 is 1.53 bits per heavy atom. The number of methoxy groups -OCH3 is 1. The van der Waals surface area contributed by atoms with Gasteiger partial charge in [0.15, 0.2) is 11.9 Å². The molecule has 0 saturated carbocycles. The molecule has 0 fully saturated rings. The molecular formula is C11H15N3O5. The normalized spacial score (nSPS) is 12.0. The van der Waals surface area contributed by atoms with Gasteiger partial charge in [0.1, 0.15) is 6.04 Å². The number of hydrogen-bond donors (Lipinski definition) is 1. The molecule has 0 aliphatic rings. The van der Waals surface area contributed by atoms with Gasteiger partial charge < -0.3 is 15.3 Å². The number of nitrogens with zero attached hydrogens (tertiary/aromatic N) is 2. The number of nitrogens with one attached hydrogen (secondary N) is 1. The molecule has 0 spiro atoms. The Kier molecular flexibility index (Phi) is 4.62. The summed E-state index contributed by atoms with van der Waals surface area (Å²) in [6, 6.07) is 0.301. The van der Waals surface area contributed by atoms with Gasteiger partial charge >= 0.3 is 11.7 Å². The number of ether oxygens (including phenoxy) is 1. The van der Waals surface area contributed by atoms with Crippen molar-refractivity contribution >= 4 is 17.3 Å². The quantitative estimate of drug-likeness (QED) is 0.279. The first-order chi connectivity index (χ1) is 8.86. The smallest absolute Gasteiger partial charge is 0.328 e. The van der Waals surface area contributed by atoms with Crippen molar-refractivity contribution in [2.75, 3.05) is 12.4 Å². The Morgan fingerprint density at radius 3 is 2.63 bits per heavy atom.